The molecule has 0 bridgehead atoms. The lowest BCUT2D eigenvalue weighted by molar-refractivity contribution is 0.0948. The van der Waals surface area contributed by atoms with E-state index in [1.807, 2.05) is 12.1 Å². The van der Waals surface area contributed by atoms with E-state index in [0.29, 0.717) is 43.4 Å². The maximum absolute atomic E-state index is 12.9. The predicted octanol–water partition coefficient (Wildman–Crippen LogP) is 4.79. The molecule has 0 saturated heterocycles. The number of carbonyl (C=O) groups is 1. The van der Waals surface area contributed by atoms with Gasteiger partial charge in [-0.25, -0.2) is 4.98 Å². The Morgan fingerprint density at radius 1 is 1.13 bits per heavy atom. The predicted molar refractivity (Wildman–Crippen MR) is 119 cm³/mol. The summed E-state index contributed by atoms with van der Waals surface area (Å²) in [6.07, 6.45) is 0. The highest BCUT2D eigenvalue weighted by Crippen LogP contribution is 2.39. The van der Waals surface area contributed by atoms with Gasteiger partial charge in [-0.1, -0.05) is 23.7 Å². The fourth-order valence-corrected chi connectivity index (χ4v) is 4.08. The van der Waals surface area contributed by atoms with Crippen LogP contribution in [-0.4, -0.2) is 32.2 Å². The molecular weight excluding hydrogens is 438 g/mol. The second-order valence-corrected chi connectivity index (χ2v) is 7.87. The molecule has 1 N–H and O–H groups in total. The van der Waals surface area contributed by atoms with Crippen LogP contribution in [0.4, 0.5) is 0 Å². The Bertz CT molecular complexity index is 1110. The molecular formula is C22H20ClN3O4S. The molecule has 0 spiro atoms. The van der Waals surface area contributed by atoms with Crippen molar-refractivity contribution in [3.05, 3.63) is 57.6 Å². The Labute approximate surface area is 189 Å². The van der Waals surface area contributed by atoms with E-state index in [2.05, 4.69) is 16.4 Å². The number of amides is 1. The van der Waals surface area contributed by atoms with E-state index in [1.54, 1.807) is 31.2 Å². The summed E-state index contributed by atoms with van der Waals surface area (Å²) in [6, 6.07) is 11.7. The number of hydrogen-bond acceptors (Lipinski definition) is 7. The monoisotopic (exact) mass is 457 g/mol. The van der Waals surface area contributed by atoms with Crippen LogP contribution in [0.5, 0.6) is 17.2 Å². The number of methoxy groups -OCH3 is 3. The number of thiazole rings is 1. The normalized spacial score (nSPS) is 11.4. The van der Waals surface area contributed by atoms with Crippen molar-refractivity contribution < 1.29 is 19.0 Å². The van der Waals surface area contributed by atoms with Gasteiger partial charge < -0.3 is 19.5 Å². The van der Waals surface area contributed by atoms with Gasteiger partial charge in [0.15, 0.2) is 11.5 Å². The molecule has 1 heterocycles. The molecule has 0 fully saturated rings. The van der Waals surface area contributed by atoms with Crippen molar-refractivity contribution in [3.8, 4) is 33.9 Å². The first kappa shape index (κ1) is 22.4. The average molecular weight is 458 g/mol. The molecule has 7 nitrogen and oxygen atoms in total. The molecule has 1 aromatic heterocycles. The van der Waals surface area contributed by atoms with Gasteiger partial charge in [0.05, 0.1) is 33.1 Å². The summed E-state index contributed by atoms with van der Waals surface area (Å²) < 4.78 is 16.0. The molecule has 0 aliphatic carbocycles. The Balaban J connectivity index is 1.89. The van der Waals surface area contributed by atoms with E-state index >= 15 is 0 Å². The van der Waals surface area contributed by atoms with Crippen LogP contribution in [0.3, 0.4) is 0 Å². The van der Waals surface area contributed by atoms with Crippen LogP contribution < -0.4 is 19.5 Å². The van der Waals surface area contributed by atoms with Crippen LogP contribution in [0.2, 0.25) is 5.02 Å². The van der Waals surface area contributed by atoms with E-state index < -0.39 is 11.9 Å². The standard InChI is InChI=1S/C22H20ClN3O4S/c1-12-20(31-22(25-12)13-5-7-15(23)8-6-13)21(27)26-16(11-24)14-9-17(28-2)19(30-4)18(10-14)29-3/h5-10,16H,1-4H3,(H,26,27). The Hall–Kier alpha value is -3.28. The highest BCUT2D eigenvalue weighted by molar-refractivity contribution is 7.17. The van der Waals surface area contributed by atoms with E-state index in [1.165, 1.54) is 32.7 Å². The van der Waals surface area contributed by atoms with Crippen molar-refractivity contribution >= 4 is 28.8 Å². The third kappa shape index (κ3) is 4.74. The van der Waals surface area contributed by atoms with Crippen LogP contribution in [-0.2, 0) is 0 Å². The summed E-state index contributed by atoms with van der Waals surface area (Å²) in [4.78, 5) is 17.9. The summed E-state index contributed by atoms with van der Waals surface area (Å²) >= 11 is 7.19. The minimum Gasteiger partial charge on any atom is -0.493 e. The minimum absolute atomic E-state index is 0.393. The van der Waals surface area contributed by atoms with Gasteiger partial charge in [0.2, 0.25) is 5.75 Å². The zero-order chi connectivity index (χ0) is 22.5. The largest absolute Gasteiger partial charge is 0.493 e. The van der Waals surface area contributed by atoms with Crippen molar-refractivity contribution in [3.63, 3.8) is 0 Å². The highest BCUT2D eigenvalue weighted by atomic mass is 35.5. The van der Waals surface area contributed by atoms with Gasteiger partial charge in [-0.2, -0.15) is 5.26 Å². The van der Waals surface area contributed by atoms with Crippen LogP contribution in [0, 0.1) is 18.3 Å². The number of halogens is 1. The van der Waals surface area contributed by atoms with Gasteiger partial charge in [-0.15, -0.1) is 11.3 Å². The van der Waals surface area contributed by atoms with Crippen molar-refractivity contribution in [2.45, 2.75) is 13.0 Å². The molecule has 3 rings (SSSR count). The molecule has 160 valence electrons. The molecule has 2 aromatic carbocycles. The van der Waals surface area contributed by atoms with E-state index in [4.69, 9.17) is 25.8 Å². The zero-order valence-electron chi connectivity index (χ0n) is 17.4. The van der Waals surface area contributed by atoms with Crippen molar-refractivity contribution in [1.82, 2.24) is 10.3 Å². The molecule has 3 aromatic rings. The number of rotatable bonds is 7. The number of nitriles is 1. The van der Waals surface area contributed by atoms with E-state index in [0.717, 1.165) is 5.56 Å². The number of hydrogen-bond donors (Lipinski definition) is 1. The SMILES string of the molecule is COc1cc(C(C#N)NC(=O)c2sc(-c3ccc(Cl)cc3)nc2C)cc(OC)c1OC. The lowest BCUT2D eigenvalue weighted by atomic mass is 10.1. The van der Waals surface area contributed by atoms with Gasteiger partial charge in [-0.3, -0.25) is 4.79 Å². The number of nitrogens with zero attached hydrogens (tertiary/aromatic N) is 2. The summed E-state index contributed by atoms with van der Waals surface area (Å²) in [5.74, 6) is 0.800. The van der Waals surface area contributed by atoms with Crippen LogP contribution in [0.1, 0.15) is 27.0 Å². The van der Waals surface area contributed by atoms with E-state index in [-0.39, 0.29) is 0 Å². The summed E-state index contributed by atoms with van der Waals surface area (Å²) in [7, 11) is 4.47. The summed E-state index contributed by atoms with van der Waals surface area (Å²) in [5, 5.41) is 13.8. The smallest absolute Gasteiger partial charge is 0.264 e. The second-order valence-electron chi connectivity index (χ2n) is 6.43. The Morgan fingerprint density at radius 3 is 2.26 bits per heavy atom. The molecule has 1 unspecified atom stereocenters. The molecule has 0 saturated carbocycles. The van der Waals surface area contributed by atoms with Gasteiger partial charge in [0, 0.05) is 10.6 Å². The molecule has 1 atom stereocenters. The van der Waals surface area contributed by atoms with Crippen molar-refractivity contribution in [1.29, 1.82) is 5.26 Å². The first-order valence-corrected chi connectivity index (χ1v) is 10.3. The van der Waals surface area contributed by atoms with Crippen LogP contribution >= 0.6 is 22.9 Å². The number of aryl methyl sites for hydroxylation is 1. The van der Waals surface area contributed by atoms with Gasteiger partial charge in [-0.05, 0) is 36.8 Å². The first-order valence-electron chi connectivity index (χ1n) is 9.15. The topological polar surface area (TPSA) is 93.5 Å². The second kappa shape index (κ2) is 9.69. The highest BCUT2D eigenvalue weighted by Gasteiger charge is 2.23. The van der Waals surface area contributed by atoms with Crippen molar-refractivity contribution in [2.24, 2.45) is 0 Å². The Morgan fingerprint density at radius 2 is 1.74 bits per heavy atom. The molecule has 31 heavy (non-hydrogen) atoms. The average Bonchev–Trinajstić information content (AvgIpc) is 3.18. The van der Waals surface area contributed by atoms with Crippen molar-refractivity contribution in [2.75, 3.05) is 21.3 Å². The molecule has 0 radical (unpaired) electrons. The van der Waals surface area contributed by atoms with Gasteiger partial charge in [0.1, 0.15) is 15.9 Å². The minimum atomic E-state index is -0.929. The molecule has 0 aliphatic rings. The number of benzene rings is 2. The first-order chi connectivity index (χ1) is 14.9. The quantitative estimate of drug-likeness (QED) is 0.548. The van der Waals surface area contributed by atoms with Crippen LogP contribution in [0.25, 0.3) is 10.6 Å². The fraction of sp³-hybridized carbons (Fsp3) is 0.227. The zero-order valence-corrected chi connectivity index (χ0v) is 18.9. The molecule has 0 aliphatic heterocycles. The lowest BCUT2D eigenvalue weighted by Gasteiger charge is -2.17. The third-order valence-electron chi connectivity index (χ3n) is 4.52. The maximum Gasteiger partial charge on any atom is 0.264 e. The number of nitrogens with one attached hydrogen (secondary N) is 1. The number of carbonyl (C=O) groups excluding carboxylic acids is 1. The van der Waals surface area contributed by atoms with Gasteiger partial charge >= 0.3 is 0 Å². The van der Waals surface area contributed by atoms with Crippen LogP contribution in [0.15, 0.2) is 36.4 Å². The number of aromatic nitrogens is 1. The maximum atomic E-state index is 12.9. The van der Waals surface area contributed by atoms with Gasteiger partial charge in [0.25, 0.3) is 5.91 Å². The Kier molecular flexibility index (Phi) is 7.00. The fourth-order valence-electron chi connectivity index (χ4n) is 2.98. The molecule has 1 amide bonds. The molecule has 9 heteroatoms. The number of ether oxygens (including phenoxy) is 3. The third-order valence-corrected chi connectivity index (χ3v) is 5.98. The summed E-state index contributed by atoms with van der Waals surface area (Å²) in [5.41, 5.74) is 1.94. The summed E-state index contributed by atoms with van der Waals surface area (Å²) in [6.45, 7) is 1.76. The lowest BCUT2D eigenvalue weighted by Crippen LogP contribution is -2.27. The van der Waals surface area contributed by atoms with E-state index in [9.17, 15) is 10.1 Å².